The van der Waals surface area contributed by atoms with E-state index >= 15 is 0 Å². The molecule has 2 aromatic carbocycles. The van der Waals surface area contributed by atoms with Crippen molar-refractivity contribution in [1.29, 1.82) is 0 Å². The van der Waals surface area contributed by atoms with Gasteiger partial charge in [-0.2, -0.15) is 0 Å². The average molecular weight is 201 g/mol. The molecule has 0 aliphatic rings. The first-order valence-electron chi connectivity index (χ1n) is 4.53. The molecule has 2 aromatic rings. The SMILES string of the molecule is Cc1ccc2c(C(=O)O)ccc([O-])c2c1. The molecule has 0 radical (unpaired) electrons. The topological polar surface area (TPSA) is 60.4 Å². The van der Waals surface area contributed by atoms with Crippen LogP contribution in [0.1, 0.15) is 15.9 Å². The van der Waals surface area contributed by atoms with Gasteiger partial charge in [-0.05, 0) is 23.8 Å². The zero-order valence-corrected chi connectivity index (χ0v) is 8.15. The first-order chi connectivity index (χ1) is 7.09. The quantitative estimate of drug-likeness (QED) is 0.766. The van der Waals surface area contributed by atoms with Crippen molar-refractivity contribution in [3.63, 3.8) is 0 Å². The average Bonchev–Trinajstić information content (AvgIpc) is 2.19. The van der Waals surface area contributed by atoms with E-state index in [4.69, 9.17) is 5.11 Å². The Bertz CT molecular complexity index is 544. The second kappa shape index (κ2) is 3.28. The standard InChI is InChI=1S/C12H10O3/c1-7-2-3-8-9(12(14)15)4-5-11(13)10(8)6-7/h2-6,13H,1H3,(H,14,15)/p-1. The number of carboxylic acids is 1. The summed E-state index contributed by atoms with van der Waals surface area (Å²) in [5.41, 5.74) is 1.12. The van der Waals surface area contributed by atoms with Crippen molar-refractivity contribution in [3.05, 3.63) is 41.5 Å². The molecule has 76 valence electrons. The Morgan fingerprint density at radius 1 is 1.20 bits per heavy atom. The third-order valence-electron chi connectivity index (χ3n) is 2.36. The number of aryl methyl sites for hydroxylation is 1. The Morgan fingerprint density at radius 3 is 2.60 bits per heavy atom. The molecular formula is C12H9O3-. The summed E-state index contributed by atoms with van der Waals surface area (Å²) in [6.45, 7) is 1.87. The van der Waals surface area contributed by atoms with Crippen LogP contribution < -0.4 is 5.11 Å². The zero-order valence-electron chi connectivity index (χ0n) is 8.15. The summed E-state index contributed by atoms with van der Waals surface area (Å²) in [5, 5.41) is 21.4. The van der Waals surface area contributed by atoms with E-state index in [1.807, 2.05) is 6.92 Å². The minimum absolute atomic E-state index is 0.140. The summed E-state index contributed by atoms with van der Waals surface area (Å²) in [5.74, 6) is -1.15. The maximum absolute atomic E-state index is 11.5. The molecule has 0 atom stereocenters. The van der Waals surface area contributed by atoms with Gasteiger partial charge in [0.15, 0.2) is 0 Å². The van der Waals surface area contributed by atoms with E-state index in [2.05, 4.69) is 0 Å². The second-order valence-corrected chi connectivity index (χ2v) is 3.47. The van der Waals surface area contributed by atoms with Crippen LogP contribution >= 0.6 is 0 Å². The molecule has 0 bridgehead atoms. The number of benzene rings is 2. The van der Waals surface area contributed by atoms with E-state index in [9.17, 15) is 9.90 Å². The zero-order chi connectivity index (χ0) is 11.0. The highest BCUT2D eigenvalue weighted by Crippen LogP contribution is 2.26. The maximum Gasteiger partial charge on any atom is 0.336 e. The van der Waals surface area contributed by atoms with Crippen LogP contribution in [-0.2, 0) is 0 Å². The summed E-state index contributed by atoms with van der Waals surface area (Å²) >= 11 is 0. The maximum atomic E-state index is 11.5. The van der Waals surface area contributed by atoms with Gasteiger partial charge in [0, 0.05) is 0 Å². The number of carbonyl (C=O) groups is 1. The molecule has 15 heavy (non-hydrogen) atoms. The normalized spacial score (nSPS) is 10.5. The van der Waals surface area contributed by atoms with E-state index in [1.165, 1.54) is 12.1 Å². The van der Waals surface area contributed by atoms with Crippen molar-refractivity contribution >= 4 is 16.7 Å². The van der Waals surface area contributed by atoms with Crippen LogP contribution in [-0.4, -0.2) is 11.1 Å². The smallest absolute Gasteiger partial charge is 0.336 e. The van der Waals surface area contributed by atoms with Crippen molar-refractivity contribution in [3.8, 4) is 5.75 Å². The minimum Gasteiger partial charge on any atom is -0.872 e. The van der Waals surface area contributed by atoms with E-state index in [-0.39, 0.29) is 11.3 Å². The van der Waals surface area contributed by atoms with Crippen LogP contribution in [0.15, 0.2) is 30.3 Å². The summed E-state index contributed by atoms with van der Waals surface area (Å²) < 4.78 is 0. The molecule has 3 heteroatoms. The van der Waals surface area contributed by atoms with Gasteiger partial charge in [0.1, 0.15) is 0 Å². The Labute approximate surface area is 86.6 Å². The first-order valence-corrected chi connectivity index (χ1v) is 4.53. The highest BCUT2D eigenvalue weighted by molar-refractivity contribution is 6.05. The van der Waals surface area contributed by atoms with Gasteiger partial charge in [0.2, 0.25) is 0 Å². The molecule has 0 aromatic heterocycles. The number of hydrogen-bond donors (Lipinski definition) is 1. The van der Waals surface area contributed by atoms with Gasteiger partial charge < -0.3 is 10.2 Å². The van der Waals surface area contributed by atoms with Crippen molar-refractivity contribution in [2.24, 2.45) is 0 Å². The predicted octanol–water partition coefficient (Wildman–Crippen LogP) is 1.92. The van der Waals surface area contributed by atoms with Crippen LogP contribution in [0, 0.1) is 6.92 Å². The molecule has 0 fully saturated rings. The molecule has 0 saturated heterocycles. The largest absolute Gasteiger partial charge is 0.872 e. The monoisotopic (exact) mass is 201 g/mol. The van der Waals surface area contributed by atoms with Gasteiger partial charge in [-0.1, -0.05) is 29.8 Å². The molecular weight excluding hydrogens is 192 g/mol. The van der Waals surface area contributed by atoms with Gasteiger partial charge in [0.05, 0.1) is 5.56 Å². The third-order valence-corrected chi connectivity index (χ3v) is 2.36. The van der Waals surface area contributed by atoms with Gasteiger partial charge in [-0.25, -0.2) is 4.79 Å². The molecule has 0 aliphatic carbocycles. The van der Waals surface area contributed by atoms with Gasteiger partial charge in [0.25, 0.3) is 0 Å². The van der Waals surface area contributed by atoms with Gasteiger partial charge in [-0.15, -0.1) is 5.75 Å². The van der Waals surface area contributed by atoms with E-state index < -0.39 is 5.97 Å². The molecule has 2 rings (SSSR count). The number of carboxylic acid groups (broad SMARTS) is 1. The second-order valence-electron chi connectivity index (χ2n) is 3.47. The predicted molar refractivity (Wildman–Crippen MR) is 55.1 cm³/mol. The Morgan fingerprint density at radius 2 is 1.93 bits per heavy atom. The lowest BCUT2D eigenvalue weighted by Gasteiger charge is -2.12. The number of rotatable bonds is 1. The first kappa shape index (κ1) is 9.52. The summed E-state index contributed by atoms with van der Waals surface area (Å²) in [7, 11) is 0. The number of hydrogen-bond acceptors (Lipinski definition) is 2. The molecule has 0 spiro atoms. The summed E-state index contributed by atoms with van der Waals surface area (Å²) in [6.07, 6.45) is 0. The lowest BCUT2D eigenvalue weighted by Crippen LogP contribution is -2.00. The molecule has 0 heterocycles. The highest BCUT2D eigenvalue weighted by Gasteiger charge is 2.07. The molecule has 3 nitrogen and oxygen atoms in total. The molecule has 0 unspecified atom stereocenters. The minimum atomic E-state index is -1.01. The van der Waals surface area contributed by atoms with Crippen LogP contribution in [0.3, 0.4) is 0 Å². The lowest BCUT2D eigenvalue weighted by molar-refractivity contribution is -0.265. The van der Waals surface area contributed by atoms with Crippen LogP contribution in [0.25, 0.3) is 10.8 Å². The molecule has 0 amide bonds. The van der Waals surface area contributed by atoms with Crippen molar-refractivity contribution in [1.82, 2.24) is 0 Å². The fraction of sp³-hybridized carbons (Fsp3) is 0.0833. The van der Waals surface area contributed by atoms with E-state index in [0.717, 1.165) is 5.56 Å². The van der Waals surface area contributed by atoms with Gasteiger partial charge >= 0.3 is 5.97 Å². The molecule has 1 N–H and O–H groups in total. The van der Waals surface area contributed by atoms with Crippen LogP contribution in [0.4, 0.5) is 0 Å². The molecule has 0 aliphatic heterocycles. The summed E-state index contributed by atoms with van der Waals surface area (Å²) in [4.78, 5) is 10.9. The van der Waals surface area contributed by atoms with Crippen LogP contribution in [0.2, 0.25) is 0 Å². The highest BCUT2D eigenvalue weighted by atomic mass is 16.4. The van der Waals surface area contributed by atoms with Gasteiger partial charge in [-0.3, -0.25) is 0 Å². The van der Waals surface area contributed by atoms with Crippen molar-refractivity contribution in [2.45, 2.75) is 6.92 Å². The fourth-order valence-electron chi connectivity index (χ4n) is 1.62. The summed E-state index contributed by atoms with van der Waals surface area (Å²) in [6, 6.07) is 7.83. The Balaban J connectivity index is 2.88. The lowest BCUT2D eigenvalue weighted by atomic mass is 10.0. The Kier molecular flexibility index (Phi) is 2.08. The molecule has 0 saturated carbocycles. The fourth-order valence-corrected chi connectivity index (χ4v) is 1.62. The van der Waals surface area contributed by atoms with Crippen molar-refractivity contribution < 1.29 is 15.0 Å². The Hall–Kier alpha value is -2.03. The van der Waals surface area contributed by atoms with E-state index in [0.29, 0.717) is 10.8 Å². The third kappa shape index (κ3) is 1.52. The van der Waals surface area contributed by atoms with Crippen molar-refractivity contribution in [2.75, 3.05) is 0 Å². The van der Waals surface area contributed by atoms with Crippen LogP contribution in [0.5, 0.6) is 5.75 Å². The number of aromatic carboxylic acids is 1. The van der Waals surface area contributed by atoms with E-state index in [1.54, 1.807) is 18.2 Å². The number of fused-ring (bicyclic) bond motifs is 1.